The highest BCUT2D eigenvalue weighted by Crippen LogP contribution is 2.13. The third-order valence-electron chi connectivity index (χ3n) is 5.42. The van der Waals surface area contributed by atoms with Gasteiger partial charge in [0.25, 0.3) is 0 Å². The summed E-state index contributed by atoms with van der Waals surface area (Å²) in [5, 5.41) is 3.02. The Morgan fingerprint density at radius 1 is 1.03 bits per heavy atom. The smallest absolute Gasteiger partial charge is 0.308 e. The lowest BCUT2D eigenvalue weighted by Gasteiger charge is -2.22. The number of amides is 1. The summed E-state index contributed by atoms with van der Waals surface area (Å²) >= 11 is 1.73. The summed E-state index contributed by atoms with van der Waals surface area (Å²) < 4.78 is 5.38. The number of nitrogens with one attached hydrogen (secondary N) is 1. The van der Waals surface area contributed by atoms with Crippen LogP contribution in [-0.2, 0) is 27.4 Å². The quantitative estimate of drug-likeness (QED) is 0.259. The number of rotatable bonds is 17. The summed E-state index contributed by atoms with van der Waals surface area (Å²) in [7, 11) is 3.87. The van der Waals surface area contributed by atoms with E-state index in [1.165, 1.54) is 37.0 Å². The zero-order valence-corrected chi connectivity index (χ0v) is 20.9. The lowest BCUT2D eigenvalue weighted by atomic mass is 10.1. The van der Waals surface area contributed by atoms with Crippen molar-refractivity contribution in [1.29, 1.82) is 0 Å². The summed E-state index contributed by atoms with van der Waals surface area (Å²) in [6, 6.07) is 9.38. The Morgan fingerprint density at radius 2 is 1.73 bits per heavy atom. The predicted molar refractivity (Wildman–Crippen MR) is 134 cm³/mol. The zero-order chi connectivity index (χ0) is 23.7. The number of esters is 1. The van der Waals surface area contributed by atoms with Crippen LogP contribution in [0.5, 0.6) is 0 Å². The molecule has 2 aromatic rings. The van der Waals surface area contributed by atoms with E-state index in [9.17, 15) is 9.59 Å². The third kappa shape index (κ3) is 13.1. The summed E-state index contributed by atoms with van der Waals surface area (Å²) in [4.78, 5) is 32.1. The Morgan fingerprint density at radius 3 is 2.39 bits per heavy atom. The second-order valence-electron chi connectivity index (χ2n) is 8.82. The zero-order valence-electron chi connectivity index (χ0n) is 20.1. The maximum Gasteiger partial charge on any atom is 0.308 e. The maximum atomic E-state index is 12.4. The van der Waals surface area contributed by atoms with E-state index in [4.69, 9.17) is 4.74 Å². The number of aryl methyl sites for hydroxylation is 1. The number of hydrogen-bond donors (Lipinski definition) is 1. The van der Waals surface area contributed by atoms with Gasteiger partial charge in [0.15, 0.2) is 0 Å². The van der Waals surface area contributed by atoms with Gasteiger partial charge in [-0.15, -0.1) is 11.3 Å². The van der Waals surface area contributed by atoms with Gasteiger partial charge in [-0.05, 0) is 38.9 Å². The van der Waals surface area contributed by atoms with Crippen LogP contribution < -0.4 is 5.32 Å². The fraction of sp³-hybridized carbons (Fsp3) is 0.577. The van der Waals surface area contributed by atoms with Crippen LogP contribution in [0.4, 0.5) is 0 Å². The monoisotopic (exact) mass is 473 g/mol. The molecule has 6 nitrogen and oxygen atoms in total. The molecule has 7 heteroatoms. The van der Waals surface area contributed by atoms with Crippen molar-refractivity contribution in [3.63, 3.8) is 0 Å². The van der Waals surface area contributed by atoms with Gasteiger partial charge in [-0.3, -0.25) is 14.6 Å². The number of carbonyl (C=O) groups excluding carboxylic acids is 2. The first-order valence-corrected chi connectivity index (χ1v) is 12.9. The molecule has 33 heavy (non-hydrogen) atoms. The minimum atomic E-state index is -0.290. The van der Waals surface area contributed by atoms with Crippen molar-refractivity contribution in [2.75, 3.05) is 20.6 Å². The molecular weight excluding hydrogens is 434 g/mol. The molecule has 0 fully saturated rings. The number of aromatic nitrogens is 1. The van der Waals surface area contributed by atoms with Gasteiger partial charge in [0.05, 0.1) is 18.0 Å². The molecular formula is C26H39N3O3S. The van der Waals surface area contributed by atoms with E-state index in [2.05, 4.69) is 10.3 Å². The summed E-state index contributed by atoms with van der Waals surface area (Å²) in [5.74, 6) is -0.274. The van der Waals surface area contributed by atoms with E-state index in [1.54, 1.807) is 11.3 Å². The molecule has 1 amide bonds. The molecule has 1 N–H and O–H groups in total. The molecule has 0 aliphatic carbocycles. The van der Waals surface area contributed by atoms with Gasteiger partial charge < -0.3 is 15.0 Å². The van der Waals surface area contributed by atoms with Crippen LogP contribution in [0.2, 0.25) is 0 Å². The van der Waals surface area contributed by atoms with Crippen LogP contribution >= 0.6 is 11.3 Å². The highest BCUT2D eigenvalue weighted by atomic mass is 32.1. The third-order valence-corrected chi connectivity index (χ3v) is 6.26. The average Bonchev–Trinajstić information content (AvgIpc) is 3.30. The molecule has 0 saturated heterocycles. The predicted octanol–water partition coefficient (Wildman–Crippen LogP) is 4.99. The first-order chi connectivity index (χ1) is 16.0. The van der Waals surface area contributed by atoms with Crippen LogP contribution in [0.1, 0.15) is 68.2 Å². The number of ether oxygens (including phenoxy) is 1. The van der Waals surface area contributed by atoms with Crippen LogP contribution in [0.25, 0.3) is 0 Å². The molecule has 1 atom stereocenters. The Hall–Kier alpha value is -2.25. The number of thiazole rings is 1. The molecule has 1 heterocycles. The van der Waals surface area contributed by atoms with Gasteiger partial charge >= 0.3 is 5.97 Å². The van der Waals surface area contributed by atoms with Crippen molar-refractivity contribution >= 4 is 23.2 Å². The van der Waals surface area contributed by atoms with Crippen molar-refractivity contribution < 1.29 is 14.3 Å². The fourth-order valence-corrected chi connectivity index (χ4v) is 4.38. The van der Waals surface area contributed by atoms with Crippen LogP contribution in [0, 0.1) is 0 Å². The summed E-state index contributed by atoms with van der Waals surface area (Å²) in [6.45, 7) is 0.862. The summed E-state index contributed by atoms with van der Waals surface area (Å²) in [5.41, 5.74) is 2.85. The van der Waals surface area contributed by atoms with Crippen molar-refractivity contribution in [2.45, 2.75) is 76.9 Å². The minimum Gasteiger partial charge on any atom is -0.461 e. The molecule has 2 rings (SSSR count). The van der Waals surface area contributed by atoms with E-state index in [0.717, 1.165) is 24.8 Å². The van der Waals surface area contributed by atoms with Gasteiger partial charge in [0.1, 0.15) is 6.61 Å². The molecule has 1 unspecified atom stereocenters. The number of hydrogen-bond acceptors (Lipinski definition) is 6. The Labute approximate surface area is 202 Å². The second-order valence-corrected chi connectivity index (χ2v) is 9.79. The number of benzene rings is 1. The Bertz CT molecular complexity index is 781. The van der Waals surface area contributed by atoms with Gasteiger partial charge in [-0.1, -0.05) is 62.4 Å². The van der Waals surface area contributed by atoms with Crippen molar-refractivity contribution in [3.05, 3.63) is 52.5 Å². The lowest BCUT2D eigenvalue weighted by Crippen LogP contribution is -2.43. The number of likely N-dealkylation sites (N-methyl/N-ethyl adjacent to an activating group) is 1. The molecule has 0 bridgehead atoms. The van der Waals surface area contributed by atoms with Crippen molar-refractivity contribution in [2.24, 2.45) is 0 Å². The van der Waals surface area contributed by atoms with Crippen LogP contribution in [0.15, 0.2) is 42.0 Å². The van der Waals surface area contributed by atoms with E-state index >= 15 is 0 Å². The normalized spacial score (nSPS) is 12.0. The first-order valence-electron chi connectivity index (χ1n) is 12.0. The van der Waals surface area contributed by atoms with Crippen molar-refractivity contribution in [3.8, 4) is 0 Å². The molecule has 0 aliphatic heterocycles. The maximum absolute atomic E-state index is 12.4. The molecule has 1 aromatic carbocycles. The Balaban J connectivity index is 1.54. The highest BCUT2D eigenvalue weighted by molar-refractivity contribution is 7.09. The number of carbonyl (C=O) groups is 2. The minimum absolute atomic E-state index is 0.0160. The molecule has 0 radical (unpaired) electrons. The largest absolute Gasteiger partial charge is 0.461 e. The van der Waals surface area contributed by atoms with Gasteiger partial charge in [-0.2, -0.15) is 0 Å². The van der Waals surface area contributed by atoms with Crippen LogP contribution in [0.3, 0.4) is 0 Å². The fourth-order valence-electron chi connectivity index (χ4n) is 3.73. The van der Waals surface area contributed by atoms with Gasteiger partial charge in [-0.25, -0.2) is 0 Å². The topological polar surface area (TPSA) is 71.5 Å². The SMILES string of the molecule is CN(C)CC(CC(=O)OCc1ccccc1)NC(=O)CCCCCCCCCc1cncs1. The molecule has 0 aliphatic rings. The molecule has 1 aromatic heterocycles. The Kier molecular flexibility index (Phi) is 13.4. The lowest BCUT2D eigenvalue weighted by molar-refractivity contribution is -0.145. The van der Waals surface area contributed by atoms with E-state index in [0.29, 0.717) is 13.0 Å². The van der Waals surface area contributed by atoms with Gasteiger partial charge in [0.2, 0.25) is 5.91 Å². The number of nitrogens with zero attached hydrogens (tertiary/aromatic N) is 2. The van der Waals surface area contributed by atoms with Crippen LogP contribution in [-0.4, -0.2) is 48.4 Å². The van der Waals surface area contributed by atoms with Crippen molar-refractivity contribution in [1.82, 2.24) is 15.2 Å². The van der Waals surface area contributed by atoms with E-state index in [1.807, 2.05) is 61.0 Å². The molecule has 0 spiro atoms. The highest BCUT2D eigenvalue weighted by Gasteiger charge is 2.18. The van der Waals surface area contributed by atoms with E-state index < -0.39 is 0 Å². The molecule has 182 valence electrons. The first kappa shape index (κ1) is 27.0. The molecule has 0 saturated carbocycles. The summed E-state index contributed by atoms with van der Waals surface area (Å²) in [6.07, 6.45) is 11.9. The van der Waals surface area contributed by atoms with E-state index in [-0.39, 0.29) is 30.9 Å². The number of unbranched alkanes of at least 4 members (excludes halogenated alkanes) is 6. The second kappa shape index (κ2) is 16.4. The standard InChI is InChI=1S/C26H39N3O3S/c1-29(2)19-23(17-26(31)32-20-22-13-9-8-10-14-22)28-25(30)16-12-7-5-3-4-6-11-15-24-18-27-21-33-24/h8-10,13-14,18,21,23H,3-7,11-12,15-17,19-20H2,1-2H3,(H,28,30). The average molecular weight is 474 g/mol. The van der Waals surface area contributed by atoms with Gasteiger partial charge in [0, 0.05) is 24.0 Å².